The van der Waals surface area contributed by atoms with Crippen molar-refractivity contribution in [2.24, 2.45) is 4.99 Å². The average Bonchev–Trinajstić information content (AvgIpc) is 2.25. The monoisotopic (exact) mass is 191 g/mol. The summed E-state index contributed by atoms with van der Waals surface area (Å²) in [4.78, 5) is 4.35. The van der Waals surface area contributed by atoms with E-state index in [9.17, 15) is 0 Å². The summed E-state index contributed by atoms with van der Waals surface area (Å²) in [7, 11) is 1.70. The molecule has 0 radical (unpaired) electrons. The molecule has 0 saturated heterocycles. The second-order valence-electron chi connectivity index (χ2n) is 3.17. The van der Waals surface area contributed by atoms with Gasteiger partial charge < -0.3 is 4.74 Å². The predicted octanol–water partition coefficient (Wildman–Crippen LogP) is 2.88. The van der Waals surface area contributed by atoms with Crippen LogP contribution in [0.5, 0.6) is 0 Å². The lowest BCUT2D eigenvalue weighted by Crippen LogP contribution is -2.06. The number of nitrogens with zero attached hydrogens (tertiary/aromatic N) is 1. The summed E-state index contributed by atoms with van der Waals surface area (Å²) in [5, 5.41) is 0. The van der Waals surface area contributed by atoms with Crippen molar-refractivity contribution in [3.63, 3.8) is 0 Å². The summed E-state index contributed by atoms with van der Waals surface area (Å²) < 4.78 is 5.21. The van der Waals surface area contributed by atoms with Gasteiger partial charge in [0.1, 0.15) is 6.23 Å². The molecule has 0 aromatic heterocycles. The van der Waals surface area contributed by atoms with E-state index < -0.39 is 0 Å². The van der Waals surface area contributed by atoms with E-state index in [4.69, 9.17) is 4.74 Å². The van der Waals surface area contributed by atoms with Crippen molar-refractivity contribution in [3.05, 3.63) is 35.9 Å². The Bertz CT molecular complexity index is 269. The zero-order valence-electron chi connectivity index (χ0n) is 8.81. The molecule has 0 aliphatic heterocycles. The van der Waals surface area contributed by atoms with Gasteiger partial charge in [0, 0.05) is 13.3 Å². The third kappa shape index (κ3) is 3.71. The molecule has 1 atom stereocenters. The van der Waals surface area contributed by atoms with Gasteiger partial charge in [0.15, 0.2) is 0 Å². The highest BCUT2D eigenvalue weighted by Gasteiger charge is 2.00. The number of ether oxygens (including phenoxy) is 1. The van der Waals surface area contributed by atoms with E-state index in [1.54, 1.807) is 7.11 Å². The highest BCUT2D eigenvalue weighted by molar-refractivity contribution is 5.79. The highest BCUT2D eigenvalue weighted by atomic mass is 16.5. The Balaban J connectivity index is 2.53. The number of benzene rings is 1. The van der Waals surface area contributed by atoms with E-state index in [2.05, 4.69) is 11.9 Å². The zero-order valence-corrected chi connectivity index (χ0v) is 8.81. The Morgan fingerprint density at radius 3 is 2.64 bits per heavy atom. The number of hydrogen-bond acceptors (Lipinski definition) is 2. The fourth-order valence-electron chi connectivity index (χ4n) is 1.21. The van der Waals surface area contributed by atoms with Crippen LogP contribution in [-0.4, -0.2) is 19.6 Å². The van der Waals surface area contributed by atoms with Gasteiger partial charge in [-0.25, -0.2) is 0 Å². The van der Waals surface area contributed by atoms with Crippen LogP contribution in [0.1, 0.15) is 25.3 Å². The SMILES string of the molecule is CCCC(N=Cc1ccccc1)OC. The van der Waals surface area contributed by atoms with Crippen molar-refractivity contribution >= 4 is 6.21 Å². The van der Waals surface area contributed by atoms with Gasteiger partial charge in [-0.2, -0.15) is 0 Å². The fourth-order valence-corrected chi connectivity index (χ4v) is 1.21. The third-order valence-electron chi connectivity index (χ3n) is 2.00. The molecule has 0 N–H and O–H groups in total. The molecule has 1 rings (SSSR count). The van der Waals surface area contributed by atoms with Crippen LogP contribution in [0.3, 0.4) is 0 Å². The molecule has 0 heterocycles. The fraction of sp³-hybridized carbons (Fsp3) is 0.417. The molecule has 14 heavy (non-hydrogen) atoms. The molecule has 76 valence electrons. The maximum Gasteiger partial charge on any atom is 0.147 e. The van der Waals surface area contributed by atoms with E-state index in [1.807, 2.05) is 36.5 Å². The van der Waals surface area contributed by atoms with Crippen LogP contribution in [-0.2, 0) is 4.74 Å². The number of aliphatic imine (C=N–C) groups is 1. The Hall–Kier alpha value is -1.15. The first-order valence-corrected chi connectivity index (χ1v) is 4.98. The maximum absolute atomic E-state index is 5.21. The molecule has 1 unspecified atom stereocenters. The molecule has 2 nitrogen and oxygen atoms in total. The molecule has 1 aromatic carbocycles. The topological polar surface area (TPSA) is 21.6 Å². The smallest absolute Gasteiger partial charge is 0.147 e. The molecule has 0 spiro atoms. The lowest BCUT2D eigenvalue weighted by Gasteiger charge is -2.07. The van der Waals surface area contributed by atoms with Crippen molar-refractivity contribution in [1.29, 1.82) is 0 Å². The van der Waals surface area contributed by atoms with Crippen LogP contribution in [0.4, 0.5) is 0 Å². The third-order valence-corrected chi connectivity index (χ3v) is 2.00. The van der Waals surface area contributed by atoms with Gasteiger partial charge >= 0.3 is 0 Å². The largest absolute Gasteiger partial charge is 0.360 e. The lowest BCUT2D eigenvalue weighted by atomic mass is 10.2. The van der Waals surface area contributed by atoms with E-state index in [0.717, 1.165) is 18.4 Å². The molecule has 1 aromatic rings. The molecular formula is C12H17NO. The summed E-state index contributed by atoms with van der Waals surface area (Å²) in [6.45, 7) is 2.13. The summed E-state index contributed by atoms with van der Waals surface area (Å²) in [5.74, 6) is 0. The maximum atomic E-state index is 5.21. The average molecular weight is 191 g/mol. The van der Waals surface area contributed by atoms with Gasteiger partial charge in [-0.3, -0.25) is 4.99 Å². The van der Waals surface area contributed by atoms with Gasteiger partial charge in [0.25, 0.3) is 0 Å². The quantitative estimate of drug-likeness (QED) is 0.656. The summed E-state index contributed by atoms with van der Waals surface area (Å²) in [6.07, 6.45) is 3.93. The Morgan fingerprint density at radius 2 is 2.07 bits per heavy atom. The van der Waals surface area contributed by atoms with Crippen LogP contribution in [0.2, 0.25) is 0 Å². The Kier molecular flexibility index (Phi) is 4.94. The molecule has 0 aliphatic carbocycles. The van der Waals surface area contributed by atoms with E-state index in [-0.39, 0.29) is 6.23 Å². The predicted molar refractivity (Wildman–Crippen MR) is 59.7 cm³/mol. The van der Waals surface area contributed by atoms with Crippen molar-refractivity contribution in [2.75, 3.05) is 7.11 Å². The van der Waals surface area contributed by atoms with Gasteiger partial charge in [-0.05, 0) is 12.0 Å². The number of methoxy groups -OCH3 is 1. The standard InChI is InChI=1S/C12H17NO/c1-3-7-12(14-2)13-10-11-8-5-4-6-9-11/h4-6,8-10,12H,3,7H2,1-2H3. The molecular weight excluding hydrogens is 174 g/mol. The van der Waals surface area contributed by atoms with Crippen LogP contribution in [0, 0.1) is 0 Å². The van der Waals surface area contributed by atoms with Crippen molar-refractivity contribution in [2.45, 2.75) is 26.0 Å². The van der Waals surface area contributed by atoms with Crippen LogP contribution >= 0.6 is 0 Å². The summed E-state index contributed by atoms with van der Waals surface area (Å²) >= 11 is 0. The van der Waals surface area contributed by atoms with E-state index in [1.165, 1.54) is 0 Å². The van der Waals surface area contributed by atoms with E-state index >= 15 is 0 Å². The van der Waals surface area contributed by atoms with Gasteiger partial charge in [-0.15, -0.1) is 0 Å². The van der Waals surface area contributed by atoms with Crippen molar-refractivity contribution in [3.8, 4) is 0 Å². The summed E-state index contributed by atoms with van der Waals surface area (Å²) in [6, 6.07) is 10.1. The second-order valence-corrected chi connectivity index (χ2v) is 3.17. The molecule has 0 saturated carbocycles. The minimum atomic E-state index is 0.000191. The molecule has 0 aliphatic rings. The Morgan fingerprint density at radius 1 is 1.36 bits per heavy atom. The molecule has 0 fully saturated rings. The molecule has 0 amide bonds. The first kappa shape index (κ1) is 10.9. The van der Waals surface area contributed by atoms with Crippen molar-refractivity contribution in [1.82, 2.24) is 0 Å². The Labute approximate surface area is 85.6 Å². The molecule has 0 bridgehead atoms. The molecule has 2 heteroatoms. The van der Waals surface area contributed by atoms with Gasteiger partial charge in [0.2, 0.25) is 0 Å². The van der Waals surface area contributed by atoms with Crippen LogP contribution in [0.25, 0.3) is 0 Å². The highest BCUT2D eigenvalue weighted by Crippen LogP contribution is 2.03. The minimum absolute atomic E-state index is 0.000191. The van der Waals surface area contributed by atoms with Crippen molar-refractivity contribution < 1.29 is 4.74 Å². The minimum Gasteiger partial charge on any atom is -0.360 e. The van der Waals surface area contributed by atoms with Crippen LogP contribution < -0.4 is 0 Å². The van der Waals surface area contributed by atoms with Gasteiger partial charge in [-0.1, -0.05) is 43.7 Å². The number of hydrogen-bond donors (Lipinski definition) is 0. The normalized spacial score (nSPS) is 13.3. The van der Waals surface area contributed by atoms with Crippen LogP contribution in [0.15, 0.2) is 35.3 Å². The van der Waals surface area contributed by atoms with E-state index in [0.29, 0.717) is 0 Å². The van der Waals surface area contributed by atoms with Gasteiger partial charge in [0.05, 0.1) is 0 Å². The lowest BCUT2D eigenvalue weighted by molar-refractivity contribution is 0.103. The summed E-state index contributed by atoms with van der Waals surface area (Å²) in [5.41, 5.74) is 1.12. The zero-order chi connectivity index (χ0) is 10.2. The first-order chi connectivity index (χ1) is 6.86. The second kappa shape index (κ2) is 6.33. The number of rotatable bonds is 5. The first-order valence-electron chi connectivity index (χ1n) is 4.98.